The van der Waals surface area contributed by atoms with Gasteiger partial charge in [0.25, 0.3) is 0 Å². The van der Waals surface area contributed by atoms with Crippen molar-refractivity contribution in [3.63, 3.8) is 0 Å². The number of hydrogen-bond acceptors (Lipinski definition) is 3. The summed E-state index contributed by atoms with van der Waals surface area (Å²) >= 11 is 3.85. The van der Waals surface area contributed by atoms with Gasteiger partial charge in [-0.3, -0.25) is 0 Å². The highest BCUT2D eigenvalue weighted by molar-refractivity contribution is 7.25. The average Bonchev–Trinajstić information content (AvgIpc) is 4.05. The Morgan fingerprint density at radius 2 is 0.844 bits per heavy atom. The monoisotopic (exact) mass is 882 g/mol. The van der Waals surface area contributed by atoms with Crippen molar-refractivity contribution in [2.75, 3.05) is 4.90 Å². The molecule has 2 aromatic heterocycles. The number of thiophene rings is 2. The van der Waals surface area contributed by atoms with Gasteiger partial charge in [-0.25, -0.2) is 0 Å². The summed E-state index contributed by atoms with van der Waals surface area (Å²) < 4.78 is 0. The Hall–Kier alpha value is -4.70. The van der Waals surface area contributed by atoms with E-state index in [4.69, 9.17) is 0 Å². The Morgan fingerprint density at radius 3 is 1.39 bits per heavy atom. The molecule has 0 saturated carbocycles. The Morgan fingerprint density at radius 1 is 0.422 bits per heavy atom. The lowest BCUT2D eigenvalue weighted by molar-refractivity contribution is 0.398. The number of benzene rings is 5. The molecule has 0 radical (unpaired) electrons. The summed E-state index contributed by atoms with van der Waals surface area (Å²) in [6.07, 6.45) is 18.6. The summed E-state index contributed by atoms with van der Waals surface area (Å²) in [6.45, 7) is 15.9. The maximum Gasteiger partial charge on any atom is 0.0462 e. The number of hydrogen-bond donors (Lipinski definition) is 0. The lowest BCUT2D eigenvalue weighted by Crippen LogP contribution is -2.25. The molecule has 0 spiro atoms. The molecule has 5 aromatic carbocycles. The number of rotatable bonds is 20. The Bertz CT molecular complexity index is 2560. The molecule has 0 atom stereocenters. The number of aryl methyl sites for hydroxylation is 2. The van der Waals surface area contributed by atoms with Crippen molar-refractivity contribution in [1.82, 2.24) is 0 Å². The van der Waals surface area contributed by atoms with Gasteiger partial charge in [0.15, 0.2) is 0 Å². The molecule has 0 fully saturated rings. The zero-order valence-electron chi connectivity index (χ0n) is 39.9. The highest BCUT2D eigenvalue weighted by Crippen LogP contribution is 2.56. The van der Waals surface area contributed by atoms with E-state index in [9.17, 15) is 0 Å². The van der Waals surface area contributed by atoms with Crippen molar-refractivity contribution < 1.29 is 0 Å². The first-order valence-electron chi connectivity index (χ1n) is 24.6. The molecule has 7 aromatic rings. The summed E-state index contributed by atoms with van der Waals surface area (Å²) in [7, 11) is 0. The van der Waals surface area contributed by atoms with Crippen molar-refractivity contribution in [3.05, 3.63) is 161 Å². The fraction of sp³-hybridized carbons (Fsp3) is 0.377. The highest BCUT2D eigenvalue weighted by atomic mass is 32.1. The topological polar surface area (TPSA) is 3.24 Å². The molecule has 0 bridgehead atoms. The number of nitrogens with zero attached hydrogens (tertiary/aromatic N) is 1. The van der Waals surface area contributed by atoms with Gasteiger partial charge in [-0.1, -0.05) is 190 Å². The zero-order chi connectivity index (χ0) is 44.7. The minimum absolute atomic E-state index is 0.0918. The molecule has 0 saturated heterocycles. The third-order valence-corrected chi connectivity index (χ3v) is 16.3. The normalized spacial score (nSPS) is 13.0. The van der Waals surface area contributed by atoms with E-state index in [-0.39, 0.29) is 10.8 Å². The lowest BCUT2D eigenvalue weighted by Gasteiger charge is -2.33. The molecule has 1 aliphatic rings. The molecule has 0 aliphatic heterocycles. The maximum atomic E-state index is 2.62. The van der Waals surface area contributed by atoms with Gasteiger partial charge in [0.05, 0.1) is 0 Å². The van der Waals surface area contributed by atoms with Crippen molar-refractivity contribution in [2.24, 2.45) is 0 Å². The first kappa shape index (κ1) is 45.9. The van der Waals surface area contributed by atoms with Crippen LogP contribution < -0.4 is 4.90 Å². The van der Waals surface area contributed by atoms with Gasteiger partial charge in [0.1, 0.15) is 0 Å². The summed E-state index contributed by atoms with van der Waals surface area (Å²) in [5.74, 6) is 0. The van der Waals surface area contributed by atoms with E-state index < -0.39 is 0 Å². The Kier molecular flexibility index (Phi) is 14.8. The van der Waals surface area contributed by atoms with Crippen LogP contribution in [0.3, 0.4) is 0 Å². The molecule has 8 rings (SSSR count). The molecule has 64 heavy (non-hydrogen) atoms. The Balaban J connectivity index is 1.05. The third-order valence-electron chi connectivity index (χ3n) is 13.9. The molecule has 3 heteroatoms. The van der Waals surface area contributed by atoms with Crippen LogP contribution in [0.2, 0.25) is 0 Å². The maximum absolute atomic E-state index is 2.62. The fourth-order valence-corrected chi connectivity index (χ4v) is 12.2. The van der Waals surface area contributed by atoms with Crippen molar-refractivity contribution >= 4 is 39.7 Å². The first-order chi connectivity index (χ1) is 31.1. The highest BCUT2D eigenvalue weighted by Gasteiger charge is 2.42. The van der Waals surface area contributed by atoms with Crippen LogP contribution in [0.5, 0.6) is 0 Å². The number of anilines is 3. The third kappa shape index (κ3) is 10.2. The molecule has 0 unspecified atom stereocenters. The van der Waals surface area contributed by atoms with Crippen LogP contribution in [-0.4, -0.2) is 0 Å². The van der Waals surface area contributed by atoms with Gasteiger partial charge in [-0.2, -0.15) is 0 Å². The lowest BCUT2D eigenvalue weighted by atomic mass is 9.70. The second-order valence-corrected chi connectivity index (χ2v) is 21.9. The van der Waals surface area contributed by atoms with Crippen LogP contribution in [0.15, 0.2) is 133 Å². The van der Waals surface area contributed by atoms with E-state index in [0.717, 1.165) is 11.4 Å². The molecular formula is C61H71NS2. The van der Waals surface area contributed by atoms with E-state index >= 15 is 0 Å². The molecule has 332 valence electrons. The summed E-state index contributed by atoms with van der Waals surface area (Å²) in [6, 6.07) is 51.3. The molecule has 0 amide bonds. The Labute approximate surface area is 394 Å². The van der Waals surface area contributed by atoms with Gasteiger partial charge in [-0.05, 0) is 138 Å². The van der Waals surface area contributed by atoms with Gasteiger partial charge in [0, 0.05) is 42.0 Å². The minimum Gasteiger partial charge on any atom is -0.311 e. The van der Waals surface area contributed by atoms with E-state index in [0.29, 0.717) is 0 Å². The fourth-order valence-electron chi connectivity index (χ4n) is 10.1. The van der Waals surface area contributed by atoms with Crippen LogP contribution in [0.4, 0.5) is 17.1 Å². The van der Waals surface area contributed by atoms with Gasteiger partial charge >= 0.3 is 0 Å². The zero-order valence-corrected chi connectivity index (χ0v) is 41.5. The van der Waals surface area contributed by atoms with Gasteiger partial charge < -0.3 is 4.90 Å². The molecule has 1 nitrogen and oxygen atoms in total. The number of unbranched alkanes of at least 4 members (excludes halogenated alkanes) is 10. The van der Waals surface area contributed by atoms with Crippen LogP contribution in [0.25, 0.3) is 41.8 Å². The molecule has 0 N–H and O–H groups in total. The molecule has 2 heterocycles. The SMILES string of the molecule is CCCCCCCCC1(CCCCCCCC)c2cc(C)ccc2-c2ccc(-c3ccc(-c4ccc(-c5ccc(N(c6ccc(C)cc6)c6ccc(C(C)(C)C)cc6)cc5)s4)s3)cc21. The van der Waals surface area contributed by atoms with E-state index in [1.807, 2.05) is 22.7 Å². The van der Waals surface area contributed by atoms with Crippen molar-refractivity contribution in [3.8, 4) is 41.8 Å². The van der Waals surface area contributed by atoms with E-state index in [1.54, 1.807) is 11.1 Å². The van der Waals surface area contributed by atoms with Crippen LogP contribution >= 0.6 is 22.7 Å². The van der Waals surface area contributed by atoms with Crippen LogP contribution in [-0.2, 0) is 10.8 Å². The van der Waals surface area contributed by atoms with Gasteiger partial charge in [-0.15, -0.1) is 22.7 Å². The van der Waals surface area contributed by atoms with Crippen LogP contribution in [0.1, 0.15) is 152 Å². The summed E-state index contributed by atoms with van der Waals surface area (Å²) in [5, 5.41) is 0. The van der Waals surface area contributed by atoms with Crippen molar-refractivity contribution in [1.29, 1.82) is 0 Å². The summed E-state index contributed by atoms with van der Waals surface area (Å²) in [5.41, 5.74) is 16.5. The smallest absolute Gasteiger partial charge is 0.0462 e. The predicted molar refractivity (Wildman–Crippen MR) is 284 cm³/mol. The quantitative estimate of drug-likeness (QED) is 0.0690. The minimum atomic E-state index is 0.0918. The van der Waals surface area contributed by atoms with Crippen LogP contribution in [0, 0.1) is 13.8 Å². The van der Waals surface area contributed by atoms with Gasteiger partial charge in [0.2, 0.25) is 0 Å². The number of fused-ring (bicyclic) bond motifs is 3. The second kappa shape index (κ2) is 20.6. The molecule has 1 aliphatic carbocycles. The average molecular weight is 882 g/mol. The predicted octanol–water partition coefficient (Wildman–Crippen LogP) is 20.0. The first-order valence-corrected chi connectivity index (χ1v) is 26.3. The summed E-state index contributed by atoms with van der Waals surface area (Å²) in [4.78, 5) is 7.71. The largest absolute Gasteiger partial charge is 0.311 e. The standard InChI is InChI=1S/C61H71NS2/c1-8-10-12-14-16-18-40-61(41-19-17-15-13-11-9-2)54-42-45(4)22-34-52(54)53-35-25-47(43-55(53)61)57-37-39-59(64-57)58-38-36-56(63-58)46-23-30-50(31-24-46)62(49-28-20-44(3)21-29-49)51-32-26-48(27-33-51)60(5,6)7/h20-39,42-43H,8-19,40-41H2,1-7H3. The second-order valence-electron chi connectivity index (χ2n) is 19.8. The van der Waals surface area contributed by atoms with E-state index in [2.05, 4.69) is 187 Å². The van der Waals surface area contributed by atoms with Crippen molar-refractivity contribution in [2.45, 2.75) is 149 Å². The van der Waals surface area contributed by atoms with E-state index in [1.165, 1.54) is 154 Å². The molecular weight excluding hydrogens is 811 g/mol.